The number of nitrogens with one attached hydrogen (secondary N) is 1. The second-order valence-electron chi connectivity index (χ2n) is 3.56. The van der Waals surface area contributed by atoms with Gasteiger partial charge in [0.2, 0.25) is 0 Å². The van der Waals surface area contributed by atoms with Gasteiger partial charge in [0.25, 0.3) is 0 Å². The number of benzene rings is 1. The molecular formula is C12H9ClN2OS. The Hall–Kier alpha value is -1.52. The van der Waals surface area contributed by atoms with Gasteiger partial charge in [0.1, 0.15) is 5.76 Å². The van der Waals surface area contributed by atoms with Crippen LogP contribution < -0.4 is 5.32 Å². The van der Waals surface area contributed by atoms with Gasteiger partial charge in [0, 0.05) is 5.02 Å². The minimum absolute atomic E-state index is 0.639. The van der Waals surface area contributed by atoms with Crippen LogP contribution in [-0.2, 0) is 6.54 Å². The first-order valence-corrected chi connectivity index (χ1v) is 6.33. The minimum Gasteiger partial charge on any atom is -0.467 e. The second-order valence-corrected chi connectivity index (χ2v) is 5.03. The molecule has 2 aromatic heterocycles. The van der Waals surface area contributed by atoms with E-state index in [4.69, 9.17) is 16.0 Å². The van der Waals surface area contributed by atoms with E-state index >= 15 is 0 Å². The zero-order valence-electron chi connectivity index (χ0n) is 8.81. The van der Waals surface area contributed by atoms with Gasteiger partial charge in [-0.2, -0.15) is 0 Å². The molecule has 5 heteroatoms. The summed E-state index contributed by atoms with van der Waals surface area (Å²) in [6.45, 7) is 0.639. The van der Waals surface area contributed by atoms with E-state index in [2.05, 4.69) is 10.3 Å². The molecule has 1 aromatic carbocycles. The van der Waals surface area contributed by atoms with Crippen molar-refractivity contribution in [2.45, 2.75) is 6.54 Å². The number of thiazole rings is 1. The summed E-state index contributed by atoms with van der Waals surface area (Å²) in [4.78, 5) is 4.45. The molecule has 86 valence electrons. The van der Waals surface area contributed by atoms with Gasteiger partial charge in [0.05, 0.1) is 23.0 Å². The number of halogens is 1. The molecule has 0 fully saturated rings. The fourth-order valence-corrected chi connectivity index (χ4v) is 2.56. The van der Waals surface area contributed by atoms with Gasteiger partial charge >= 0.3 is 0 Å². The predicted molar refractivity (Wildman–Crippen MR) is 70.7 cm³/mol. The van der Waals surface area contributed by atoms with Crippen LogP contribution >= 0.6 is 22.9 Å². The number of furan rings is 1. The highest BCUT2D eigenvalue weighted by atomic mass is 35.5. The average Bonchev–Trinajstić information content (AvgIpc) is 2.94. The Morgan fingerprint density at radius 2 is 2.29 bits per heavy atom. The third-order valence-corrected chi connectivity index (χ3v) is 3.57. The summed E-state index contributed by atoms with van der Waals surface area (Å²) >= 11 is 7.52. The van der Waals surface area contributed by atoms with E-state index in [-0.39, 0.29) is 0 Å². The first-order valence-electron chi connectivity index (χ1n) is 5.13. The van der Waals surface area contributed by atoms with E-state index in [0.29, 0.717) is 11.6 Å². The van der Waals surface area contributed by atoms with Crippen molar-refractivity contribution in [2.75, 3.05) is 5.32 Å². The van der Waals surface area contributed by atoms with Crippen molar-refractivity contribution >= 4 is 38.3 Å². The van der Waals surface area contributed by atoms with Crippen molar-refractivity contribution in [2.24, 2.45) is 0 Å². The van der Waals surface area contributed by atoms with E-state index in [1.54, 1.807) is 17.6 Å². The predicted octanol–water partition coefficient (Wildman–Crippen LogP) is 4.15. The van der Waals surface area contributed by atoms with Gasteiger partial charge in [-0.25, -0.2) is 4.98 Å². The van der Waals surface area contributed by atoms with Crippen molar-refractivity contribution in [3.63, 3.8) is 0 Å². The standard InChI is InChI=1S/C12H9ClN2OS/c13-8-3-4-11-10(6-8)15-12(17-11)14-7-9-2-1-5-16-9/h1-6H,7H2,(H,14,15). The zero-order chi connectivity index (χ0) is 11.7. The molecule has 3 aromatic rings. The molecule has 0 aliphatic heterocycles. The van der Waals surface area contributed by atoms with Crippen LogP contribution in [0.25, 0.3) is 10.2 Å². The van der Waals surface area contributed by atoms with Crippen molar-refractivity contribution < 1.29 is 4.42 Å². The third-order valence-electron chi connectivity index (χ3n) is 2.34. The molecule has 0 spiro atoms. The van der Waals surface area contributed by atoms with Crippen LogP contribution in [0.15, 0.2) is 41.0 Å². The maximum atomic E-state index is 5.92. The van der Waals surface area contributed by atoms with Gasteiger partial charge < -0.3 is 9.73 Å². The molecule has 0 saturated heterocycles. The molecule has 0 aliphatic carbocycles. The Bertz CT molecular complexity index is 633. The summed E-state index contributed by atoms with van der Waals surface area (Å²) in [5.41, 5.74) is 0.921. The highest BCUT2D eigenvalue weighted by Crippen LogP contribution is 2.28. The molecule has 3 rings (SSSR count). The maximum absolute atomic E-state index is 5.92. The third kappa shape index (κ3) is 2.28. The molecule has 0 saturated carbocycles. The van der Waals surface area contributed by atoms with E-state index < -0.39 is 0 Å². The SMILES string of the molecule is Clc1ccc2sc(NCc3ccco3)nc2c1. The van der Waals surface area contributed by atoms with E-state index in [1.165, 1.54) is 0 Å². The van der Waals surface area contributed by atoms with Gasteiger partial charge in [-0.15, -0.1) is 0 Å². The van der Waals surface area contributed by atoms with E-state index in [1.807, 2.05) is 30.3 Å². The van der Waals surface area contributed by atoms with E-state index in [0.717, 1.165) is 21.1 Å². The van der Waals surface area contributed by atoms with Crippen LogP contribution in [0.5, 0.6) is 0 Å². The summed E-state index contributed by atoms with van der Waals surface area (Å²) in [6, 6.07) is 9.52. The number of anilines is 1. The monoisotopic (exact) mass is 264 g/mol. The normalized spacial score (nSPS) is 10.9. The van der Waals surface area contributed by atoms with Crippen molar-refractivity contribution in [3.8, 4) is 0 Å². The first kappa shape index (κ1) is 10.6. The van der Waals surface area contributed by atoms with Crippen LogP contribution in [0.3, 0.4) is 0 Å². The number of nitrogens with zero attached hydrogens (tertiary/aromatic N) is 1. The number of hydrogen-bond donors (Lipinski definition) is 1. The molecule has 17 heavy (non-hydrogen) atoms. The Morgan fingerprint density at radius 3 is 3.12 bits per heavy atom. The van der Waals surface area contributed by atoms with Gasteiger partial charge in [-0.1, -0.05) is 22.9 Å². The molecule has 0 atom stereocenters. The Labute approximate surface area is 107 Å². The Kier molecular flexibility index (Phi) is 2.74. The molecule has 0 radical (unpaired) electrons. The minimum atomic E-state index is 0.639. The van der Waals surface area contributed by atoms with Gasteiger partial charge in [-0.3, -0.25) is 0 Å². The Balaban J connectivity index is 1.81. The molecule has 2 heterocycles. The molecular weight excluding hydrogens is 256 g/mol. The van der Waals surface area contributed by atoms with Crippen LogP contribution in [0.1, 0.15) is 5.76 Å². The van der Waals surface area contributed by atoms with Crippen molar-refractivity contribution in [3.05, 3.63) is 47.4 Å². The number of rotatable bonds is 3. The highest BCUT2D eigenvalue weighted by molar-refractivity contribution is 7.22. The molecule has 0 bridgehead atoms. The highest BCUT2D eigenvalue weighted by Gasteiger charge is 2.04. The van der Waals surface area contributed by atoms with Gasteiger partial charge in [-0.05, 0) is 30.3 Å². The molecule has 0 aliphatic rings. The smallest absolute Gasteiger partial charge is 0.184 e. The number of aromatic nitrogens is 1. The van der Waals surface area contributed by atoms with Crippen molar-refractivity contribution in [1.82, 2.24) is 4.98 Å². The van der Waals surface area contributed by atoms with Crippen LogP contribution in [0.4, 0.5) is 5.13 Å². The largest absolute Gasteiger partial charge is 0.467 e. The quantitative estimate of drug-likeness (QED) is 0.772. The van der Waals surface area contributed by atoms with Crippen LogP contribution in [0.2, 0.25) is 5.02 Å². The number of hydrogen-bond acceptors (Lipinski definition) is 4. The second kappa shape index (κ2) is 4.39. The first-order chi connectivity index (χ1) is 8.31. The molecule has 0 amide bonds. The van der Waals surface area contributed by atoms with Crippen molar-refractivity contribution in [1.29, 1.82) is 0 Å². The number of fused-ring (bicyclic) bond motifs is 1. The van der Waals surface area contributed by atoms with Crippen LogP contribution in [-0.4, -0.2) is 4.98 Å². The fraction of sp³-hybridized carbons (Fsp3) is 0.0833. The fourth-order valence-electron chi connectivity index (χ4n) is 1.55. The Morgan fingerprint density at radius 1 is 1.35 bits per heavy atom. The van der Waals surface area contributed by atoms with Crippen LogP contribution in [0, 0.1) is 0 Å². The maximum Gasteiger partial charge on any atom is 0.184 e. The molecule has 0 unspecified atom stereocenters. The summed E-state index contributed by atoms with van der Waals surface area (Å²) in [6.07, 6.45) is 1.66. The summed E-state index contributed by atoms with van der Waals surface area (Å²) in [5.74, 6) is 0.891. The zero-order valence-corrected chi connectivity index (χ0v) is 10.4. The van der Waals surface area contributed by atoms with Gasteiger partial charge in [0.15, 0.2) is 5.13 Å². The van der Waals surface area contributed by atoms with E-state index in [9.17, 15) is 0 Å². The average molecular weight is 265 g/mol. The summed E-state index contributed by atoms with van der Waals surface area (Å²) < 4.78 is 6.36. The lowest BCUT2D eigenvalue weighted by molar-refractivity contribution is 0.518. The lowest BCUT2D eigenvalue weighted by atomic mass is 10.3. The topological polar surface area (TPSA) is 38.1 Å². The molecule has 1 N–H and O–H groups in total. The summed E-state index contributed by atoms with van der Waals surface area (Å²) in [5, 5.41) is 4.81. The lowest BCUT2D eigenvalue weighted by Gasteiger charge is -1.97. The lowest BCUT2D eigenvalue weighted by Crippen LogP contribution is -1.96. The summed E-state index contributed by atoms with van der Waals surface area (Å²) in [7, 11) is 0. The molecule has 3 nitrogen and oxygen atoms in total.